The van der Waals surface area contributed by atoms with E-state index in [1.165, 1.54) is 19.2 Å². The molecule has 0 radical (unpaired) electrons. The minimum atomic E-state index is -0.416. The van der Waals surface area contributed by atoms with Gasteiger partial charge < -0.3 is 16.4 Å². The van der Waals surface area contributed by atoms with Crippen LogP contribution in [-0.2, 0) is 11.2 Å². The molecule has 4 rings (SSSR count). The van der Waals surface area contributed by atoms with Crippen molar-refractivity contribution in [2.45, 2.75) is 20.3 Å². The number of aromatic nitrogens is 1. The second kappa shape index (κ2) is 7.59. The molecule has 1 aliphatic heterocycles. The van der Waals surface area contributed by atoms with Crippen molar-refractivity contribution < 1.29 is 14.0 Å². The third kappa shape index (κ3) is 3.61. The van der Waals surface area contributed by atoms with Gasteiger partial charge in [-0.3, -0.25) is 9.59 Å². The first-order chi connectivity index (χ1) is 14.3. The van der Waals surface area contributed by atoms with E-state index in [2.05, 4.69) is 15.6 Å². The van der Waals surface area contributed by atoms with Crippen molar-refractivity contribution in [3.63, 3.8) is 0 Å². The molecule has 0 saturated carbocycles. The summed E-state index contributed by atoms with van der Waals surface area (Å²) in [6.07, 6.45) is 2.24. The number of pyridine rings is 1. The maximum absolute atomic E-state index is 14.7. The molecular weight excluding hydrogens is 383 g/mol. The summed E-state index contributed by atoms with van der Waals surface area (Å²) in [5.74, 6) is -0.422. The number of aryl methyl sites for hydroxylation is 1. The zero-order valence-corrected chi connectivity index (χ0v) is 16.7. The SMILES string of the molecule is CC(=O)Nc1cc(-c2cnc(N)c(-c3ccc4c(c3)CCNC4=O)c2)c(F)cc1C. The van der Waals surface area contributed by atoms with Gasteiger partial charge in [0.25, 0.3) is 5.91 Å². The number of fused-ring (bicyclic) bond motifs is 1. The minimum absolute atomic E-state index is 0.0881. The van der Waals surface area contributed by atoms with Crippen LogP contribution in [0.15, 0.2) is 42.6 Å². The van der Waals surface area contributed by atoms with Crippen LogP contribution in [0.25, 0.3) is 22.3 Å². The van der Waals surface area contributed by atoms with Crippen molar-refractivity contribution in [2.24, 2.45) is 0 Å². The van der Waals surface area contributed by atoms with Crippen LogP contribution in [0.2, 0.25) is 0 Å². The fourth-order valence-electron chi connectivity index (χ4n) is 3.67. The van der Waals surface area contributed by atoms with Gasteiger partial charge in [0.05, 0.1) is 0 Å². The summed E-state index contributed by atoms with van der Waals surface area (Å²) in [6, 6.07) is 10.3. The zero-order valence-electron chi connectivity index (χ0n) is 16.7. The van der Waals surface area contributed by atoms with E-state index < -0.39 is 5.82 Å². The number of hydrogen-bond acceptors (Lipinski definition) is 4. The molecule has 3 aromatic rings. The molecule has 2 amide bonds. The van der Waals surface area contributed by atoms with Gasteiger partial charge in [0.15, 0.2) is 0 Å². The van der Waals surface area contributed by atoms with E-state index in [-0.39, 0.29) is 11.8 Å². The summed E-state index contributed by atoms with van der Waals surface area (Å²) in [6.45, 7) is 3.72. The lowest BCUT2D eigenvalue weighted by atomic mass is 9.94. The van der Waals surface area contributed by atoms with Crippen LogP contribution < -0.4 is 16.4 Å². The van der Waals surface area contributed by atoms with E-state index >= 15 is 0 Å². The Kier molecular flexibility index (Phi) is 4.95. The van der Waals surface area contributed by atoms with Gasteiger partial charge in [0.2, 0.25) is 5.91 Å². The number of benzene rings is 2. The van der Waals surface area contributed by atoms with E-state index in [9.17, 15) is 14.0 Å². The maximum Gasteiger partial charge on any atom is 0.251 e. The summed E-state index contributed by atoms with van der Waals surface area (Å²) >= 11 is 0. The van der Waals surface area contributed by atoms with Crippen molar-refractivity contribution in [1.82, 2.24) is 10.3 Å². The molecule has 0 aliphatic carbocycles. The van der Waals surface area contributed by atoms with Crippen LogP contribution >= 0.6 is 0 Å². The number of nitrogens with zero attached hydrogens (tertiary/aromatic N) is 1. The Balaban J connectivity index is 1.80. The number of halogens is 1. The lowest BCUT2D eigenvalue weighted by molar-refractivity contribution is -0.114. The van der Waals surface area contributed by atoms with E-state index in [1.54, 1.807) is 25.1 Å². The van der Waals surface area contributed by atoms with Gasteiger partial charge in [0, 0.05) is 47.6 Å². The van der Waals surface area contributed by atoms with Crippen LogP contribution in [-0.4, -0.2) is 23.3 Å². The number of rotatable bonds is 3. The molecule has 2 heterocycles. The smallest absolute Gasteiger partial charge is 0.251 e. The molecule has 0 fully saturated rings. The van der Waals surface area contributed by atoms with Crippen molar-refractivity contribution in [2.75, 3.05) is 17.6 Å². The molecule has 0 atom stereocenters. The highest BCUT2D eigenvalue weighted by molar-refractivity contribution is 5.97. The topological polar surface area (TPSA) is 97.1 Å². The number of carbonyl (C=O) groups excluding carboxylic acids is 2. The molecule has 1 aliphatic rings. The first kappa shape index (κ1) is 19.6. The zero-order chi connectivity index (χ0) is 21.4. The summed E-state index contributed by atoms with van der Waals surface area (Å²) in [5.41, 5.74) is 11.2. The average molecular weight is 404 g/mol. The van der Waals surface area contributed by atoms with Crippen LogP contribution in [0.1, 0.15) is 28.4 Å². The molecule has 4 N–H and O–H groups in total. The van der Waals surface area contributed by atoms with Gasteiger partial charge in [0.1, 0.15) is 11.6 Å². The lowest BCUT2D eigenvalue weighted by Crippen LogP contribution is -2.31. The number of hydrogen-bond donors (Lipinski definition) is 3. The van der Waals surface area contributed by atoms with Crippen molar-refractivity contribution in [3.8, 4) is 22.3 Å². The Bertz CT molecular complexity index is 1190. The highest BCUT2D eigenvalue weighted by Gasteiger charge is 2.18. The third-order valence-electron chi connectivity index (χ3n) is 5.20. The third-order valence-corrected chi connectivity index (χ3v) is 5.20. The predicted molar refractivity (Wildman–Crippen MR) is 115 cm³/mol. The van der Waals surface area contributed by atoms with Gasteiger partial charge in [-0.1, -0.05) is 12.1 Å². The first-order valence-corrected chi connectivity index (χ1v) is 9.58. The number of nitrogens with two attached hydrogens (primary N) is 1. The largest absolute Gasteiger partial charge is 0.383 e. The van der Waals surface area contributed by atoms with Gasteiger partial charge in [-0.25, -0.2) is 9.37 Å². The highest BCUT2D eigenvalue weighted by atomic mass is 19.1. The molecule has 0 unspecified atom stereocenters. The van der Waals surface area contributed by atoms with Crippen LogP contribution in [0.5, 0.6) is 0 Å². The van der Waals surface area contributed by atoms with Gasteiger partial charge in [-0.05, 0) is 54.3 Å². The molecule has 7 heteroatoms. The summed E-state index contributed by atoms with van der Waals surface area (Å²) in [4.78, 5) is 27.7. The van der Waals surface area contributed by atoms with Crippen molar-refractivity contribution >= 4 is 23.3 Å². The maximum atomic E-state index is 14.7. The second-order valence-electron chi connectivity index (χ2n) is 7.36. The molecular formula is C23H21FN4O2. The number of carbonyl (C=O) groups is 2. The quantitative estimate of drug-likeness (QED) is 0.620. The lowest BCUT2D eigenvalue weighted by Gasteiger charge is -2.18. The van der Waals surface area contributed by atoms with Gasteiger partial charge >= 0.3 is 0 Å². The van der Waals surface area contributed by atoms with E-state index in [1.807, 2.05) is 12.1 Å². The number of anilines is 2. The van der Waals surface area contributed by atoms with Crippen LogP contribution in [0.3, 0.4) is 0 Å². The molecule has 30 heavy (non-hydrogen) atoms. The summed E-state index contributed by atoms with van der Waals surface area (Å²) in [5, 5.41) is 5.54. The first-order valence-electron chi connectivity index (χ1n) is 9.58. The Hall–Kier alpha value is -3.74. The van der Waals surface area contributed by atoms with Gasteiger partial charge in [-0.2, -0.15) is 0 Å². The second-order valence-corrected chi connectivity index (χ2v) is 7.36. The standard InChI is InChI=1S/C23H21FN4O2/c1-12-7-20(24)18(10-21(12)28-13(2)29)16-9-19(22(25)27-11-16)14-3-4-17-15(8-14)5-6-26-23(17)30/h3-4,7-11H,5-6H2,1-2H3,(H2,25,27)(H,26,30)(H,28,29). The minimum Gasteiger partial charge on any atom is -0.383 e. The van der Waals surface area contributed by atoms with E-state index in [4.69, 9.17) is 5.73 Å². The Morgan fingerprint density at radius 2 is 1.93 bits per heavy atom. The highest BCUT2D eigenvalue weighted by Crippen LogP contribution is 2.34. The Morgan fingerprint density at radius 1 is 1.13 bits per heavy atom. The van der Waals surface area contributed by atoms with Crippen molar-refractivity contribution in [1.29, 1.82) is 0 Å². The normalized spacial score (nSPS) is 12.8. The monoisotopic (exact) mass is 404 g/mol. The molecule has 1 aromatic heterocycles. The molecule has 2 aromatic carbocycles. The van der Waals surface area contributed by atoms with Crippen LogP contribution in [0.4, 0.5) is 15.9 Å². The average Bonchev–Trinajstić information content (AvgIpc) is 2.70. The van der Waals surface area contributed by atoms with E-state index in [0.29, 0.717) is 45.9 Å². The van der Waals surface area contributed by atoms with Crippen molar-refractivity contribution in [3.05, 3.63) is 65.1 Å². The molecule has 6 nitrogen and oxygen atoms in total. The van der Waals surface area contributed by atoms with Crippen LogP contribution in [0, 0.1) is 12.7 Å². The molecule has 0 spiro atoms. The molecule has 0 saturated heterocycles. The predicted octanol–water partition coefficient (Wildman–Crippen LogP) is 3.69. The fraction of sp³-hybridized carbons (Fsp3) is 0.174. The summed E-state index contributed by atoms with van der Waals surface area (Å²) < 4.78 is 14.7. The Morgan fingerprint density at radius 3 is 2.70 bits per heavy atom. The number of nitrogen functional groups attached to an aromatic ring is 1. The number of amides is 2. The molecule has 152 valence electrons. The van der Waals surface area contributed by atoms with E-state index in [0.717, 1.165) is 17.5 Å². The Labute approximate surface area is 173 Å². The summed E-state index contributed by atoms with van der Waals surface area (Å²) in [7, 11) is 0. The number of nitrogens with one attached hydrogen (secondary N) is 2. The fourth-order valence-corrected chi connectivity index (χ4v) is 3.67. The molecule has 0 bridgehead atoms. The van der Waals surface area contributed by atoms with Gasteiger partial charge in [-0.15, -0.1) is 0 Å².